The first-order valence-electron chi connectivity index (χ1n) is 6.63. The normalized spacial score (nSPS) is 12.3. The van der Waals surface area contributed by atoms with E-state index in [1.54, 1.807) is 6.92 Å². The highest BCUT2D eigenvalue weighted by Crippen LogP contribution is 2.19. The Bertz CT molecular complexity index is 635. The van der Waals surface area contributed by atoms with Gasteiger partial charge >= 0.3 is 5.97 Å². The Balaban J connectivity index is 1.96. The quantitative estimate of drug-likeness (QED) is 0.776. The molecule has 1 heterocycles. The van der Waals surface area contributed by atoms with Gasteiger partial charge in [0.15, 0.2) is 0 Å². The molecule has 0 saturated carbocycles. The first-order chi connectivity index (χ1) is 10.1. The highest BCUT2D eigenvalue weighted by Gasteiger charge is 2.14. The smallest absolute Gasteiger partial charge is 0.323 e. The number of fused-ring (bicyclic) bond motifs is 1. The molecule has 4 N–H and O–H groups in total. The summed E-state index contributed by atoms with van der Waals surface area (Å²) in [5.41, 5.74) is 12.5. The molecule has 0 amide bonds. The van der Waals surface area contributed by atoms with Crippen LogP contribution in [-0.2, 0) is 15.3 Å². The SMILES string of the molecule is CCOC(=O)C(N)CSCc1nc(N)c2ccccc2n1. The third-order valence-corrected chi connectivity index (χ3v) is 3.85. The summed E-state index contributed by atoms with van der Waals surface area (Å²) in [6, 6.07) is 6.95. The van der Waals surface area contributed by atoms with Crippen molar-refractivity contribution in [3.8, 4) is 0 Å². The topological polar surface area (TPSA) is 104 Å². The zero-order chi connectivity index (χ0) is 15.2. The fraction of sp³-hybridized carbons (Fsp3) is 0.357. The Labute approximate surface area is 127 Å². The maximum absolute atomic E-state index is 11.4. The van der Waals surface area contributed by atoms with E-state index in [0.29, 0.717) is 29.8 Å². The number of rotatable bonds is 6. The van der Waals surface area contributed by atoms with Crippen molar-refractivity contribution in [1.82, 2.24) is 9.97 Å². The van der Waals surface area contributed by atoms with E-state index in [-0.39, 0.29) is 5.97 Å². The van der Waals surface area contributed by atoms with E-state index in [4.69, 9.17) is 16.2 Å². The molecule has 112 valence electrons. The molecule has 0 spiro atoms. The van der Waals surface area contributed by atoms with Gasteiger partial charge in [0, 0.05) is 11.1 Å². The number of hydrogen-bond acceptors (Lipinski definition) is 7. The number of carbonyl (C=O) groups is 1. The Hall–Kier alpha value is -1.86. The van der Waals surface area contributed by atoms with Crippen molar-refractivity contribution in [2.24, 2.45) is 5.73 Å². The molecule has 0 aliphatic heterocycles. The Morgan fingerprint density at radius 3 is 2.90 bits per heavy atom. The second-order valence-corrected chi connectivity index (χ2v) is 5.45. The van der Waals surface area contributed by atoms with E-state index in [9.17, 15) is 4.79 Å². The molecule has 0 radical (unpaired) electrons. The molecular weight excluding hydrogens is 288 g/mol. The molecule has 0 fully saturated rings. The van der Waals surface area contributed by atoms with Gasteiger partial charge in [-0.2, -0.15) is 11.8 Å². The van der Waals surface area contributed by atoms with Crippen LogP contribution in [-0.4, -0.2) is 34.3 Å². The summed E-state index contributed by atoms with van der Waals surface area (Å²) in [5, 5.41) is 0.842. The van der Waals surface area contributed by atoms with Gasteiger partial charge in [-0.05, 0) is 19.1 Å². The largest absolute Gasteiger partial charge is 0.465 e. The van der Waals surface area contributed by atoms with Crippen molar-refractivity contribution in [2.75, 3.05) is 18.1 Å². The molecule has 0 aliphatic rings. The average Bonchev–Trinajstić information content (AvgIpc) is 2.47. The molecule has 0 aliphatic carbocycles. The summed E-state index contributed by atoms with van der Waals surface area (Å²) in [5.74, 6) is 1.71. The molecule has 1 aromatic carbocycles. The van der Waals surface area contributed by atoms with Gasteiger partial charge in [0.2, 0.25) is 0 Å². The molecule has 1 aromatic heterocycles. The molecule has 0 bridgehead atoms. The maximum Gasteiger partial charge on any atom is 0.323 e. The summed E-state index contributed by atoms with van der Waals surface area (Å²) >= 11 is 1.48. The van der Waals surface area contributed by atoms with Gasteiger partial charge in [0.25, 0.3) is 0 Å². The van der Waals surface area contributed by atoms with Crippen molar-refractivity contribution in [3.63, 3.8) is 0 Å². The van der Waals surface area contributed by atoms with E-state index in [2.05, 4.69) is 9.97 Å². The highest BCUT2D eigenvalue weighted by molar-refractivity contribution is 7.98. The van der Waals surface area contributed by atoms with Crippen LogP contribution in [0.2, 0.25) is 0 Å². The summed E-state index contributed by atoms with van der Waals surface area (Å²) in [6.45, 7) is 2.09. The van der Waals surface area contributed by atoms with E-state index in [1.165, 1.54) is 11.8 Å². The number of carbonyl (C=O) groups excluding carboxylic acids is 1. The lowest BCUT2D eigenvalue weighted by Crippen LogP contribution is -2.34. The van der Waals surface area contributed by atoms with Crippen LogP contribution in [0.3, 0.4) is 0 Å². The summed E-state index contributed by atoms with van der Waals surface area (Å²) in [6.07, 6.45) is 0. The number of para-hydroxylation sites is 1. The lowest BCUT2D eigenvalue weighted by molar-refractivity contribution is -0.144. The highest BCUT2D eigenvalue weighted by atomic mass is 32.2. The van der Waals surface area contributed by atoms with Crippen LogP contribution in [0.5, 0.6) is 0 Å². The molecular formula is C14H18N4O2S. The zero-order valence-corrected chi connectivity index (χ0v) is 12.6. The van der Waals surface area contributed by atoms with Crippen LogP contribution in [0.25, 0.3) is 10.9 Å². The van der Waals surface area contributed by atoms with Crippen LogP contribution in [0, 0.1) is 0 Å². The second kappa shape index (κ2) is 7.24. The number of nitrogens with two attached hydrogens (primary N) is 2. The van der Waals surface area contributed by atoms with Crippen LogP contribution in [0.15, 0.2) is 24.3 Å². The molecule has 1 atom stereocenters. The number of aromatic nitrogens is 2. The monoisotopic (exact) mass is 306 g/mol. The van der Waals surface area contributed by atoms with Crippen LogP contribution in [0.1, 0.15) is 12.7 Å². The third-order valence-electron chi connectivity index (χ3n) is 2.80. The summed E-state index contributed by atoms with van der Waals surface area (Å²) in [4.78, 5) is 20.1. The second-order valence-electron chi connectivity index (χ2n) is 4.42. The third kappa shape index (κ3) is 4.05. The molecule has 7 heteroatoms. The minimum atomic E-state index is -0.632. The van der Waals surface area contributed by atoms with E-state index in [0.717, 1.165) is 10.9 Å². The number of nitrogen functional groups attached to an aromatic ring is 1. The number of benzene rings is 1. The Morgan fingerprint density at radius 2 is 2.14 bits per heavy atom. The average molecular weight is 306 g/mol. The number of nitrogens with zero attached hydrogens (tertiary/aromatic N) is 2. The molecule has 0 saturated heterocycles. The fourth-order valence-corrected chi connectivity index (χ4v) is 2.63. The zero-order valence-electron chi connectivity index (χ0n) is 11.8. The van der Waals surface area contributed by atoms with Crippen molar-refractivity contribution in [3.05, 3.63) is 30.1 Å². The van der Waals surface area contributed by atoms with Gasteiger partial charge in [0.05, 0.1) is 17.9 Å². The van der Waals surface area contributed by atoms with Gasteiger partial charge in [-0.25, -0.2) is 9.97 Å². The van der Waals surface area contributed by atoms with Gasteiger partial charge in [0.1, 0.15) is 17.7 Å². The molecule has 1 unspecified atom stereocenters. The van der Waals surface area contributed by atoms with Crippen molar-refractivity contribution < 1.29 is 9.53 Å². The van der Waals surface area contributed by atoms with Crippen LogP contribution < -0.4 is 11.5 Å². The van der Waals surface area contributed by atoms with Gasteiger partial charge in [-0.1, -0.05) is 12.1 Å². The lowest BCUT2D eigenvalue weighted by Gasteiger charge is -2.10. The number of hydrogen-bond donors (Lipinski definition) is 2. The molecule has 6 nitrogen and oxygen atoms in total. The first-order valence-corrected chi connectivity index (χ1v) is 7.78. The van der Waals surface area contributed by atoms with E-state index >= 15 is 0 Å². The maximum atomic E-state index is 11.4. The van der Waals surface area contributed by atoms with Gasteiger partial charge in [-0.3, -0.25) is 4.79 Å². The Morgan fingerprint density at radius 1 is 1.38 bits per heavy atom. The van der Waals surface area contributed by atoms with E-state index < -0.39 is 6.04 Å². The van der Waals surface area contributed by atoms with Crippen molar-refractivity contribution >= 4 is 34.5 Å². The number of esters is 1. The predicted octanol–water partition coefficient (Wildman–Crippen LogP) is 1.34. The minimum Gasteiger partial charge on any atom is -0.465 e. The number of thioether (sulfide) groups is 1. The summed E-state index contributed by atoms with van der Waals surface area (Å²) in [7, 11) is 0. The first kappa shape index (κ1) is 15.5. The Kier molecular flexibility index (Phi) is 5.35. The fourth-order valence-electron chi connectivity index (χ4n) is 1.81. The molecule has 2 aromatic rings. The van der Waals surface area contributed by atoms with Crippen molar-refractivity contribution in [1.29, 1.82) is 0 Å². The molecule has 21 heavy (non-hydrogen) atoms. The van der Waals surface area contributed by atoms with Gasteiger partial charge < -0.3 is 16.2 Å². The number of anilines is 1. The standard InChI is InChI=1S/C14H18N4O2S/c1-2-20-14(19)10(15)7-21-8-12-17-11-6-4-3-5-9(11)13(16)18-12/h3-6,10H,2,7-8,15H2,1H3,(H2,16,17,18). The van der Waals surface area contributed by atoms with Crippen molar-refractivity contribution in [2.45, 2.75) is 18.7 Å². The summed E-state index contributed by atoms with van der Waals surface area (Å²) < 4.78 is 4.85. The van der Waals surface area contributed by atoms with E-state index in [1.807, 2.05) is 24.3 Å². The van der Waals surface area contributed by atoms with Crippen LogP contribution in [0.4, 0.5) is 5.82 Å². The van der Waals surface area contributed by atoms with Gasteiger partial charge in [-0.15, -0.1) is 0 Å². The lowest BCUT2D eigenvalue weighted by atomic mass is 10.2. The minimum absolute atomic E-state index is 0.335. The molecule has 2 rings (SSSR count). The number of ether oxygens (including phenoxy) is 1. The van der Waals surface area contributed by atoms with Crippen LogP contribution >= 0.6 is 11.8 Å². The predicted molar refractivity (Wildman–Crippen MR) is 84.7 cm³/mol.